The lowest BCUT2D eigenvalue weighted by Crippen LogP contribution is -2.42. The number of hydrogen-bond acceptors (Lipinski definition) is 5. The second kappa shape index (κ2) is 6.37. The van der Waals surface area contributed by atoms with E-state index in [0.29, 0.717) is 22.6 Å². The van der Waals surface area contributed by atoms with Crippen LogP contribution in [-0.4, -0.2) is 45.7 Å². The fraction of sp³-hybridized carbons (Fsp3) is 0.500. The molecule has 1 aromatic carbocycles. The molecule has 1 aliphatic heterocycles. The van der Waals surface area contributed by atoms with E-state index < -0.39 is 4.92 Å². The molecule has 1 fully saturated rings. The van der Waals surface area contributed by atoms with Gasteiger partial charge in [-0.2, -0.15) is 11.8 Å². The highest BCUT2D eigenvalue weighted by atomic mass is 32.2. The summed E-state index contributed by atoms with van der Waals surface area (Å²) in [6, 6.07) is 5.95. The normalized spacial score (nSPS) is 23.5. The molecule has 2 unspecified atom stereocenters. The molecule has 20 heavy (non-hydrogen) atoms. The van der Waals surface area contributed by atoms with Gasteiger partial charge < -0.3 is 0 Å². The highest BCUT2D eigenvalue weighted by Gasteiger charge is 2.24. The quantitative estimate of drug-likeness (QED) is 0.485. The van der Waals surface area contributed by atoms with Crippen LogP contribution in [0, 0.1) is 10.1 Å². The standard InChI is InChI=1S/C14H18N2O3S/c1-10-7-15(8-11(2)20-10)9-14(17)12-4-3-5-13(6-12)16(18)19/h3-6,10-11H,7-9H2,1-2H3. The first kappa shape index (κ1) is 15.0. The van der Waals surface area contributed by atoms with Crippen LogP contribution in [0.15, 0.2) is 24.3 Å². The lowest BCUT2D eigenvalue weighted by Gasteiger charge is -2.34. The van der Waals surface area contributed by atoms with Crippen molar-refractivity contribution in [2.24, 2.45) is 0 Å². The van der Waals surface area contributed by atoms with E-state index in [9.17, 15) is 14.9 Å². The van der Waals surface area contributed by atoms with Gasteiger partial charge in [-0.1, -0.05) is 26.0 Å². The summed E-state index contributed by atoms with van der Waals surface area (Å²) in [5.41, 5.74) is 0.379. The van der Waals surface area contributed by atoms with Crippen LogP contribution >= 0.6 is 11.8 Å². The molecule has 0 N–H and O–H groups in total. The van der Waals surface area contributed by atoms with Crippen molar-refractivity contribution in [1.82, 2.24) is 4.90 Å². The van der Waals surface area contributed by atoms with Gasteiger partial charge in [0.05, 0.1) is 11.5 Å². The van der Waals surface area contributed by atoms with E-state index in [1.807, 2.05) is 11.8 Å². The number of hydrogen-bond donors (Lipinski definition) is 0. The number of thioether (sulfide) groups is 1. The Hall–Kier alpha value is -1.40. The SMILES string of the molecule is CC1CN(CC(=O)c2cccc([N+](=O)[O-])c2)CC(C)S1. The van der Waals surface area contributed by atoms with E-state index in [4.69, 9.17) is 0 Å². The highest BCUT2D eigenvalue weighted by molar-refractivity contribution is 8.00. The molecule has 6 heteroatoms. The van der Waals surface area contributed by atoms with Crippen molar-refractivity contribution < 1.29 is 9.72 Å². The topological polar surface area (TPSA) is 63.5 Å². The molecule has 5 nitrogen and oxygen atoms in total. The molecule has 108 valence electrons. The molecule has 1 saturated heterocycles. The van der Waals surface area contributed by atoms with E-state index in [1.54, 1.807) is 12.1 Å². The van der Waals surface area contributed by atoms with Crippen LogP contribution in [0.4, 0.5) is 5.69 Å². The Labute approximate surface area is 122 Å². The number of ketones is 1. The summed E-state index contributed by atoms with van der Waals surface area (Å²) in [6.45, 7) is 6.41. The molecule has 0 aliphatic carbocycles. The molecule has 0 amide bonds. The van der Waals surface area contributed by atoms with Gasteiger partial charge in [0.2, 0.25) is 0 Å². The van der Waals surface area contributed by atoms with Crippen LogP contribution in [0.5, 0.6) is 0 Å². The monoisotopic (exact) mass is 294 g/mol. The van der Waals surface area contributed by atoms with Crippen LogP contribution in [0.1, 0.15) is 24.2 Å². The molecule has 0 bridgehead atoms. The maximum absolute atomic E-state index is 12.2. The van der Waals surface area contributed by atoms with Gasteiger partial charge in [0.1, 0.15) is 0 Å². The Kier molecular flexibility index (Phi) is 4.77. The Morgan fingerprint density at radius 3 is 2.65 bits per heavy atom. The number of carbonyl (C=O) groups excluding carboxylic acids is 1. The smallest absolute Gasteiger partial charge is 0.270 e. The van der Waals surface area contributed by atoms with Crippen LogP contribution < -0.4 is 0 Å². The Morgan fingerprint density at radius 2 is 2.05 bits per heavy atom. The van der Waals surface area contributed by atoms with Crippen molar-refractivity contribution in [3.63, 3.8) is 0 Å². The molecule has 1 aliphatic rings. The second-order valence-electron chi connectivity index (χ2n) is 5.18. The molecule has 0 spiro atoms. The van der Waals surface area contributed by atoms with E-state index >= 15 is 0 Å². The summed E-state index contributed by atoms with van der Waals surface area (Å²) in [5.74, 6) is -0.0556. The predicted octanol–water partition coefficient (Wildman–Crippen LogP) is 2.60. The van der Waals surface area contributed by atoms with Crippen molar-refractivity contribution in [3.05, 3.63) is 39.9 Å². The Morgan fingerprint density at radius 1 is 1.40 bits per heavy atom. The number of rotatable bonds is 4. The third-order valence-corrected chi connectivity index (χ3v) is 4.47. The number of nitro benzene ring substituents is 1. The maximum atomic E-state index is 12.2. The summed E-state index contributed by atoms with van der Waals surface area (Å²) in [6.07, 6.45) is 0. The molecular weight excluding hydrogens is 276 g/mol. The number of Topliss-reactive ketones (excluding diaryl/α,β-unsaturated/α-hetero) is 1. The molecule has 2 atom stereocenters. The molecule has 0 radical (unpaired) electrons. The van der Waals surface area contributed by atoms with Crippen molar-refractivity contribution in [3.8, 4) is 0 Å². The maximum Gasteiger partial charge on any atom is 0.270 e. The molecule has 0 saturated carbocycles. The van der Waals surface area contributed by atoms with Gasteiger partial charge in [0.25, 0.3) is 5.69 Å². The van der Waals surface area contributed by atoms with Crippen LogP contribution in [-0.2, 0) is 0 Å². The first-order valence-corrected chi connectivity index (χ1v) is 7.55. The van der Waals surface area contributed by atoms with Gasteiger partial charge in [-0.05, 0) is 0 Å². The van der Waals surface area contributed by atoms with Gasteiger partial charge in [-0.25, -0.2) is 0 Å². The minimum atomic E-state index is -0.474. The van der Waals surface area contributed by atoms with Gasteiger partial charge >= 0.3 is 0 Å². The average Bonchev–Trinajstić information content (AvgIpc) is 2.37. The van der Waals surface area contributed by atoms with Crippen LogP contribution in [0.25, 0.3) is 0 Å². The molecule has 2 rings (SSSR count). The minimum Gasteiger partial charge on any atom is -0.294 e. The fourth-order valence-electron chi connectivity index (χ4n) is 2.50. The highest BCUT2D eigenvalue weighted by Crippen LogP contribution is 2.24. The summed E-state index contributed by atoms with van der Waals surface area (Å²) in [7, 11) is 0. The number of benzene rings is 1. The molecule has 0 aromatic heterocycles. The fourth-order valence-corrected chi connectivity index (χ4v) is 3.89. The Bertz CT molecular complexity index is 511. The average molecular weight is 294 g/mol. The van der Waals surface area contributed by atoms with E-state index in [-0.39, 0.29) is 11.5 Å². The van der Waals surface area contributed by atoms with Crippen LogP contribution in [0.3, 0.4) is 0 Å². The van der Waals surface area contributed by atoms with Crippen molar-refractivity contribution in [1.29, 1.82) is 0 Å². The number of nitro groups is 1. The zero-order valence-corrected chi connectivity index (χ0v) is 12.4. The lowest BCUT2D eigenvalue weighted by atomic mass is 10.1. The Balaban J connectivity index is 2.04. The summed E-state index contributed by atoms with van der Waals surface area (Å²) >= 11 is 1.93. The first-order valence-electron chi connectivity index (χ1n) is 6.61. The predicted molar refractivity (Wildman–Crippen MR) is 80.4 cm³/mol. The van der Waals surface area contributed by atoms with Gasteiger partial charge in [-0.15, -0.1) is 0 Å². The summed E-state index contributed by atoms with van der Waals surface area (Å²) < 4.78 is 0. The van der Waals surface area contributed by atoms with Crippen molar-refractivity contribution in [2.75, 3.05) is 19.6 Å². The zero-order valence-electron chi connectivity index (χ0n) is 11.6. The van der Waals surface area contributed by atoms with Gasteiger partial charge in [-0.3, -0.25) is 19.8 Å². The molecular formula is C14H18N2O3S. The number of non-ortho nitro benzene ring substituents is 1. The van der Waals surface area contributed by atoms with E-state index in [1.165, 1.54) is 12.1 Å². The van der Waals surface area contributed by atoms with Gasteiger partial charge in [0.15, 0.2) is 5.78 Å². The number of nitrogens with zero attached hydrogens (tertiary/aromatic N) is 2. The number of carbonyl (C=O) groups is 1. The van der Waals surface area contributed by atoms with Crippen LogP contribution in [0.2, 0.25) is 0 Å². The second-order valence-corrected chi connectivity index (χ2v) is 7.06. The minimum absolute atomic E-state index is 0.0354. The van der Waals surface area contributed by atoms with Crippen molar-refractivity contribution in [2.45, 2.75) is 24.3 Å². The van der Waals surface area contributed by atoms with Gasteiger partial charge in [0, 0.05) is 41.3 Å². The van der Waals surface area contributed by atoms with Crippen molar-refractivity contribution >= 4 is 23.2 Å². The van der Waals surface area contributed by atoms with E-state index in [2.05, 4.69) is 18.7 Å². The third-order valence-electron chi connectivity index (χ3n) is 3.24. The summed E-state index contributed by atoms with van der Waals surface area (Å²) in [5, 5.41) is 11.8. The first-order chi connectivity index (χ1) is 9.45. The lowest BCUT2D eigenvalue weighted by molar-refractivity contribution is -0.384. The zero-order chi connectivity index (χ0) is 14.7. The molecule has 1 aromatic rings. The summed E-state index contributed by atoms with van der Waals surface area (Å²) in [4.78, 5) is 24.6. The van der Waals surface area contributed by atoms with E-state index in [0.717, 1.165) is 13.1 Å². The molecule has 1 heterocycles. The largest absolute Gasteiger partial charge is 0.294 e. The third kappa shape index (κ3) is 3.80.